The lowest BCUT2D eigenvalue weighted by atomic mass is 9.41. The molecule has 21 atom stereocenters. The van der Waals surface area contributed by atoms with E-state index < -0.39 is 109 Å². The van der Waals surface area contributed by atoms with Crippen molar-refractivity contribution in [1.82, 2.24) is 0 Å². The zero-order valence-electron chi connectivity index (χ0n) is 37.3. The van der Waals surface area contributed by atoms with Crippen LogP contribution in [0.3, 0.4) is 0 Å². The van der Waals surface area contributed by atoms with Crippen LogP contribution in [-0.4, -0.2) is 152 Å². The summed E-state index contributed by atoms with van der Waals surface area (Å²) in [6.45, 7) is 16.1. The maximum absolute atomic E-state index is 12.4. The molecule has 0 radical (unpaired) electrons. The van der Waals surface area contributed by atoms with Gasteiger partial charge in [0, 0.05) is 19.8 Å². The van der Waals surface area contributed by atoms with Gasteiger partial charge in [-0.05, 0) is 117 Å². The Morgan fingerprint density at radius 2 is 1.43 bits per heavy atom. The number of aliphatic hydroxyl groups is 7. The summed E-state index contributed by atoms with van der Waals surface area (Å²) >= 11 is 0. The number of fused-ring (bicyclic) bond motifs is 2. The average molecular weight is 869 g/mol. The molecule has 7 N–H and O–H groups in total. The van der Waals surface area contributed by atoms with Crippen molar-refractivity contribution >= 4 is 11.9 Å². The lowest BCUT2D eigenvalue weighted by Crippen LogP contribution is -2.65. The van der Waals surface area contributed by atoms with Crippen molar-refractivity contribution in [3.8, 4) is 0 Å². The van der Waals surface area contributed by atoms with Gasteiger partial charge in [0.25, 0.3) is 0 Å². The highest BCUT2D eigenvalue weighted by Gasteiger charge is 2.85. The van der Waals surface area contributed by atoms with Crippen LogP contribution >= 0.6 is 0 Å². The topological polar surface area (TPSA) is 240 Å². The summed E-state index contributed by atoms with van der Waals surface area (Å²) in [6, 6.07) is 0. The van der Waals surface area contributed by atoms with Crippen LogP contribution in [0.2, 0.25) is 0 Å². The molecule has 8 aliphatic rings. The molecular weight excluding hydrogens is 796 g/mol. The van der Waals surface area contributed by atoms with Gasteiger partial charge in [0.15, 0.2) is 24.8 Å². The molecule has 0 bridgehead atoms. The summed E-state index contributed by atoms with van der Waals surface area (Å²) < 4.78 is 43.6. The van der Waals surface area contributed by atoms with E-state index in [4.69, 9.17) is 33.2 Å². The normalized spacial score (nSPS) is 53.8. The molecular formula is C45H72O16. The van der Waals surface area contributed by atoms with Gasteiger partial charge >= 0.3 is 11.9 Å². The molecule has 348 valence electrons. The standard InChI is InChI=1S/C45H72O16/c1-21(47)56-33-24(50)19-55-38(34(33)57-22(2)48)60-28-11-13-45-20-44(45)15-14-41(7)35(43(9)12-10-29(61-43)40(5,6)54)23(49)17-42(41,8)27(44)16-25(36(45)39(28,3)4)58-37-32(53)31(52)30(51)26(18-46)59-37/h23-38,46,49-54H,10-20H2,1-9H3/t23-,24+,25-,26-,27-,28+,29-,30-,31+,32-,33-,34+,35+,36-,37-,38-,41+,42-,43+,44-,45+/m0/s1. The van der Waals surface area contributed by atoms with E-state index in [-0.39, 0.29) is 52.1 Å². The number of rotatable bonds is 9. The molecule has 3 heterocycles. The second kappa shape index (κ2) is 15.3. The van der Waals surface area contributed by atoms with Crippen LogP contribution in [0.1, 0.15) is 120 Å². The van der Waals surface area contributed by atoms with Gasteiger partial charge in [-0.3, -0.25) is 9.59 Å². The third kappa shape index (κ3) is 6.89. The molecule has 61 heavy (non-hydrogen) atoms. The molecule has 0 aromatic rings. The Morgan fingerprint density at radius 1 is 0.754 bits per heavy atom. The van der Waals surface area contributed by atoms with Crippen LogP contribution in [0.5, 0.6) is 0 Å². The molecule has 2 spiro atoms. The van der Waals surface area contributed by atoms with Gasteiger partial charge in [0.2, 0.25) is 0 Å². The van der Waals surface area contributed by atoms with Gasteiger partial charge in [-0.25, -0.2) is 0 Å². The molecule has 3 aliphatic heterocycles. The Labute approximate surface area is 358 Å². The fourth-order valence-corrected chi connectivity index (χ4v) is 15.5. The third-order valence-electron chi connectivity index (χ3n) is 18.2. The Kier molecular flexibility index (Phi) is 11.5. The zero-order valence-corrected chi connectivity index (χ0v) is 37.3. The maximum atomic E-state index is 12.4. The highest BCUT2D eigenvalue weighted by Crippen LogP contribution is 2.89. The van der Waals surface area contributed by atoms with Crippen molar-refractivity contribution in [3.05, 3.63) is 0 Å². The zero-order chi connectivity index (χ0) is 44.6. The van der Waals surface area contributed by atoms with Gasteiger partial charge < -0.3 is 68.9 Å². The van der Waals surface area contributed by atoms with Crippen molar-refractivity contribution in [2.75, 3.05) is 13.2 Å². The molecule has 5 aliphatic carbocycles. The van der Waals surface area contributed by atoms with Crippen molar-refractivity contribution in [3.63, 3.8) is 0 Å². The first-order valence-electron chi connectivity index (χ1n) is 22.6. The fraction of sp³-hybridized carbons (Fsp3) is 0.956. The van der Waals surface area contributed by atoms with Crippen LogP contribution in [0, 0.1) is 44.8 Å². The first-order valence-corrected chi connectivity index (χ1v) is 22.6. The van der Waals surface area contributed by atoms with E-state index in [1.807, 2.05) is 0 Å². The summed E-state index contributed by atoms with van der Waals surface area (Å²) in [5.74, 6) is -1.67. The number of esters is 2. The van der Waals surface area contributed by atoms with E-state index in [2.05, 4.69) is 34.6 Å². The minimum atomic E-state index is -1.63. The van der Waals surface area contributed by atoms with Gasteiger partial charge in [0.1, 0.15) is 30.5 Å². The van der Waals surface area contributed by atoms with E-state index in [0.717, 1.165) is 32.1 Å². The minimum Gasteiger partial charge on any atom is -0.455 e. The van der Waals surface area contributed by atoms with E-state index >= 15 is 0 Å². The number of hydrogen-bond acceptors (Lipinski definition) is 16. The third-order valence-corrected chi connectivity index (χ3v) is 18.2. The second-order valence-corrected chi connectivity index (χ2v) is 22.2. The summed E-state index contributed by atoms with van der Waals surface area (Å²) in [4.78, 5) is 24.5. The predicted octanol–water partition coefficient (Wildman–Crippen LogP) is 1.87. The van der Waals surface area contributed by atoms with E-state index in [9.17, 15) is 45.3 Å². The first kappa shape index (κ1) is 46.0. The van der Waals surface area contributed by atoms with Crippen LogP contribution in [0.4, 0.5) is 0 Å². The van der Waals surface area contributed by atoms with Gasteiger partial charge in [-0.1, -0.05) is 27.7 Å². The Hall–Kier alpha value is -1.54. The predicted molar refractivity (Wildman–Crippen MR) is 213 cm³/mol. The van der Waals surface area contributed by atoms with E-state index in [1.54, 1.807) is 13.8 Å². The number of carbonyl (C=O) groups excluding carboxylic acids is 2. The largest absolute Gasteiger partial charge is 0.455 e. The van der Waals surface area contributed by atoms with Gasteiger partial charge in [-0.2, -0.15) is 0 Å². The van der Waals surface area contributed by atoms with Crippen molar-refractivity contribution in [2.24, 2.45) is 44.8 Å². The van der Waals surface area contributed by atoms with Crippen molar-refractivity contribution < 1.29 is 78.5 Å². The molecule has 8 fully saturated rings. The molecule has 0 unspecified atom stereocenters. The fourth-order valence-electron chi connectivity index (χ4n) is 15.5. The number of ether oxygens (including phenoxy) is 7. The lowest BCUT2D eigenvalue weighted by Gasteiger charge is -2.65. The lowest BCUT2D eigenvalue weighted by molar-refractivity contribution is -0.339. The van der Waals surface area contributed by atoms with Gasteiger partial charge in [-0.15, -0.1) is 0 Å². The Morgan fingerprint density at radius 3 is 2.05 bits per heavy atom. The number of hydrogen-bond donors (Lipinski definition) is 7. The van der Waals surface area contributed by atoms with Crippen LogP contribution < -0.4 is 0 Å². The van der Waals surface area contributed by atoms with Gasteiger partial charge in [0.05, 0.1) is 48.8 Å². The molecule has 0 aromatic carbocycles. The van der Waals surface area contributed by atoms with E-state index in [0.29, 0.717) is 25.7 Å². The Balaban J connectivity index is 1.15. The summed E-state index contributed by atoms with van der Waals surface area (Å²) in [5.41, 5.74) is -3.46. The van der Waals surface area contributed by atoms with Crippen LogP contribution in [0.25, 0.3) is 0 Å². The maximum Gasteiger partial charge on any atom is 0.303 e. The van der Waals surface area contributed by atoms with Crippen molar-refractivity contribution in [1.29, 1.82) is 0 Å². The Bertz CT molecular complexity index is 1680. The highest BCUT2D eigenvalue weighted by atomic mass is 16.7. The molecule has 0 amide bonds. The summed E-state index contributed by atoms with van der Waals surface area (Å²) in [6.07, 6.45) is -7.80. The van der Waals surface area contributed by atoms with Crippen molar-refractivity contribution in [2.45, 2.75) is 211 Å². The quantitative estimate of drug-likeness (QED) is 0.129. The number of carbonyl (C=O) groups is 2. The highest BCUT2D eigenvalue weighted by molar-refractivity contribution is 5.67. The first-order chi connectivity index (χ1) is 28.3. The molecule has 3 saturated heterocycles. The molecule has 8 rings (SSSR count). The van der Waals surface area contributed by atoms with E-state index in [1.165, 1.54) is 13.8 Å². The molecule has 16 nitrogen and oxygen atoms in total. The molecule has 0 aromatic heterocycles. The average Bonchev–Trinajstić information content (AvgIpc) is 3.52. The second-order valence-electron chi connectivity index (χ2n) is 22.2. The SMILES string of the molecule is CC(=O)O[C@@H]1[C@@H](OC(C)=O)[C@H](O[C@@H]2CC[C@]34C[C@]35CC[C@]3(C)[C@H]([C@@]6(C)CC[C@@H](C(C)(C)O)O6)[C@@H](O)C[C@@]3(C)[C@@H]5C[C@H](O[C@H]3O[C@@H](CO)[C@H](O)[C@@H](O)[C@@H]3O)[C@H]4C2(C)C)OC[C@H]1O. The molecule has 16 heteroatoms. The summed E-state index contributed by atoms with van der Waals surface area (Å²) in [7, 11) is 0. The van der Waals surface area contributed by atoms with Crippen LogP contribution in [-0.2, 0) is 42.7 Å². The molecule has 5 saturated carbocycles. The van der Waals surface area contributed by atoms with Crippen LogP contribution in [0.15, 0.2) is 0 Å². The summed E-state index contributed by atoms with van der Waals surface area (Å²) in [5, 5.41) is 77.1. The number of aliphatic hydroxyl groups excluding tert-OH is 6. The minimum absolute atomic E-state index is 0.0638. The monoisotopic (exact) mass is 868 g/mol. The smallest absolute Gasteiger partial charge is 0.303 e.